The van der Waals surface area contributed by atoms with Gasteiger partial charge >= 0.3 is 0 Å². The lowest BCUT2D eigenvalue weighted by atomic mass is 9.85. The molecule has 0 N–H and O–H groups in total. The summed E-state index contributed by atoms with van der Waals surface area (Å²) < 4.78 is 29.2. The SMILES string of the molecule is CCC1CC=C(c2ccc(CC/C=C/C3CC=C(C)CC3)c(F)c2F)CC1. The molecule has 0 bridgehead atoms. The summed E-state index contributed by atoms with van der Waals surface area (Å²) in [6.07, 6.45) is 17.7. The molecule has 0 aromatic heterocycles. The second-order valence-electron chi connectivity index (χ2n) is 8.23. The predicted molar refractivity (Wildman–Crippen MR) is 111 cm³/mol. The van der Waals surface area contributed by atoms with Crippen LogP contribution in [0, 0.1) is 23.5 Å². The molecule has 0 spiro atoms. The summed E-state index contributed by atoms with van der Waals surface area (Å²) in [6, 6.07) is 3.56. The Hall–Kier alpha value is -1.70. The predicted octanol–water partition coefficient (Wildman–Crippen LogP) is 7.79. The maximum atomic E-state index is 14.6. The summed E-state index contributed by atoms with van der Waals surface area (Å²) in [5.41, 5.74) is 3.41. The van der Waals surface area contributed by atoms with E-state index < -0.39 is 11.6 Å². The maximum Gasteiger partial charge on any atom is 0.166 e. The molecular formula is C25H32F2. The molecule has 0 heterocycles. The topological polar surface area (TPSA) is 0 Å². The summed E-state index contributed by atoms with van der Waals surface area (Å²) in [5, 5.41) is 0. The van der Waals surface area contributed by atoms with E-state index >= 15 is 0 Å². The second kappa shape index (κ2) is 9.48. The third kappa shape index (κ3) is 5.18. The lowest BCUT2D eigenvalue weighted by Gasteiger charge is -2.21. The van der Waals surface area contributed by atoms with Crippen LogP contribution in [-0.4, -0.2) is 0 Å². The fourth-order valence-corrected chi connectivity index (χ4v) is 4.22. The van der Waals surface area contributed by atoms with Crippen LogP contribution in [0.15, 0.2) is 42.0 Å². The van der Waals surface area contributed by atoms with Crippen molar-refractivity contribution in [1.29, 1.82) is 0 Å². The van der Waals surface area contributed by atoms with E-state index in [1.165, 1.54) is 18.4 Å². The van der Waals surface area contributed by atoms with Crippen molar-refractivity contribution in [3.8, 4) is 0 Å². The molecule has 0 amide bonds. The summed E-state index contributed by atoms with van der Waals surface area (Å²) in [7, 11) is 0. The number of allylic oxidation sites excluding steroid dienone is 6. The van der Waals surface area contributed by atoms with Gasteiger partial charge in [-0.25, -0.2) is 8.78 Å². The quantitative estimate of drug-likeness (QED) is 0.448. The Labute approximate surface area is 163 Å². The Morgan fingerprint density at radius 3 is 2.56 bits per heavy atom. The van der Waals surface area contributed by atoms with Gasteiger partial charge in [0.25, 0.3) is 0 Å². The van der Waals surface area contributed by atoms with Gasteiger partial charge in [-0.05, 0) is 81.3 Å². The molecule has 2 unspecified atom stereocenters. The van der Waals surface area contributed by atoms with E-state index in [1.807, 2.05) is 0 Å². The molecule has 2 atom stereocenters. The lowest BCUT2D eigenvalue weighted by molar-refractivity contribution is 0.466. The minimum Gasteiger partial charge on any atom is -0.203 e. The third-order valence-corrected chi connectivity index (χ3v) is 6.27. The minimum atomic E-state index is -0.662. The molecule has 0 fully saturated rings. The van der Waals surface area contributed by atoms with E-state index in [-0.39, 0.29) is 0 Å². The van der Waals surface area contributed by atoms with E-state index in [1.54, 1.807) is 12.1 Å². The summed E-state index contributed by atoms with van der Waals surface area (Å²) in [5.74, 6) is -0.0275. The number of hydrogen-bond acceptors (Lipinski definition) is 0. The fraction of sp³-hybridized carbons (Fsp3) is 0.520. The highest BCUT2D eigenvalue weighted by atomic mass is 19.2. The first-order chi connectivity index (χ1) is 13.1. The molecule has 1 aromatic carbocycles. The molecule has 2 aliphatic carbocycles. The van der Waals surface area contributed by atoms with E-state index in [0.717, 1.165) is 44.1 Å². The highest BCUT2D eigenvalue weighted by Gasteiger charge is 2.19. The molecular weight excluding hydrogens is 338 g/mol. The number of aryl methyl sites for hydroxylation is 1. The monoisotopic (exact) mass is 370 g/mol. The molecule has 0 nitrogen and oxygen atoms in total. The van der Waals surface area contributed by atoms with Gasteiger partial charge < -0.3 is 0 Å². The van der Waals surface area contributed by atoms with E-state index in [2.05, 4.69) is 38.2 Å². The van der Waals surface area contributed by atoms with Crippen LogP contribution in [0.5, 0.6) is 0 Å². The second-order valence-corrected chi connectivity index (χ2v) is 8.23. The molecule has 27 heavy (non-hydrogen) atoms. The number of benzene rings is 1. The van der Waals surface area contributed by atoms with Crippen LogP contribution < -0.4 is 0 Å². The number of halogens is 2. The van der Waals surface area contributed by atoms with Crippen molar-refractivity contribution in [2.45, 2.75) is 71.6 Å². The van der Waals surface area contributed by atoms with Crippen LogP contribution in [0.25, 0.3) is 5.57 Å². The van der Waals surface area contributed by atoms with E-state index in [0.29, 0.717) is 29.4 Å². The minimum absolute atomic E-state index is 0.464. The van der Waals surface area contributed by atoms with E-state index in [4.69, 9.17) is 0 Å². The Kier molecular flexibility index (Phi) is 7.04. The Morgan fingerprint density at radius 1 is 1.04 bits per heavy atom. The highest BCUT2D eigenvalue weighted by molar-refractivity contribution is 5.67. The van der Waals surface area contributed by atoms with Gasteiger partial charge in [-0.3, -0.25) is 0 Å². The first-order valence-electron chi connectivity index (χ1n) is 10.6. The van der Waals surface area contributed by atoms with Crippen LogP contribution >= 0.6 is 0 Å². The summed E-state index contributed by atoms with van der Waals surface area (Å²) >= 11 is 0. The van der Waals surface area contributed by atoms with Crippen LogP contribution in [0.3, 0.4) is 0 Å². The van der Waals surface area contributed by atoms with Crippen molar-refractivity contribution in [2.24, 2.45) is 11.8 Å². The lowest BCUT2D eigenvalue weighted by Crippen LogP contribution is -2.06. The summed E-state index contributed by atoms with van der Waals surface area (Å²) in [6.45, 7) is 4.38. The van der Waals surface area contributed by atoms with Gasteiger partial charge in [0.15, 0.2) is 11.6 Å². The van der Waals surface area contributed by atoms with Crippen LogP contribution in [0.1, 0.15) is 76.3 Å². The van der Waals surface area contributed by atoms with Crippen molar-refractivity contribution >= 4 is 5.57 Å². The molecule has 0 saturated heterocycles. The Balaban J connectivity index is 1.59. The van der Waals surface area contributed by atoms with Crippen molar-refractivity contribution in [3.63, 3.8) is 0 Å². The number of rotatable bonds is 6. The molecule has 1 aromatic rings. The molecule has 0 radical (unpaired) electrons. The van der Waals surface area contributed by atoms with Gasteiger partial charge in [0.1, 0.15) is 0 Å². The Bertz CT molecular complexity index is 739. The smallest absolute Gasteiger partial charge is 0.166 e. The highest BCUT2D eigenvalue weighted by Crippen LogP contribution is 2.34. The van der Waals surface area contributed by atoms with Gasteiger partial charge in [0.2, 0.25) is 0 Å². The van der Waals surface area contributed by atoms with Crippen LogP contribution in [-0.2, 0) is 6.42 Å². The van der Waals surface area contributed by atoms with Gasteiger partial charge in [-0.2, -0.15) is 0 Å². The van der Waals surface area contributed by atoms with Crippen molar-refractivity contribution in [1.82, 2.24) is 0 Å². The first kappa shape index (κ1) is 20.0. The van der Waals surface area contributed by atoms with Gasteiger partial charge in [-0.15, -0.1) is 0 Å². The molecule has 3 rings (SSSR count). The molecule has 0 aliphatic heterocycles. The standard InChI is InChI=1S/C25H32F2/c1-3-19-12-14-21(15-13-19)23-17-16-22(24(26)25(23)27)7-5-4-6-20-10-8-18(2)9-11-20/h4,6,8,14,16-17,19-20H,3,5,7,9-13,15H2,1-2H3/b6-4+. The average molecular weight is 371 g/mol. The van der Waals surface area contributed by atoms with Crippen molar-refractivity contribution in [3.05, 3.63) is 64.8 Å². The van der Waals surface area contributed by atoms with Crippen LogP contribution in [0.2, 0.25) is 0 Å². The third-order valence-electron chi connectivity index (χ3n) is 6.27. The zero-order valence-electron chi connectivity index (χ0n) is 16.7. The average Bonchev–Trinajstić information content (AvgIpc) is 2.70. The van der Waals surface area contributed by atoms with Gasteiger partial charge in [-0.1, -0.05) is 55.4 Å². The fourth-order valence-electron chi connectivity index (χ4n) is 4.22. The zero-order chi connectivity index (χ0) is 19.2. The van der Waals surface area contributed by atoms with E-state index in [9.17, 15) is 8.78 Å². The van der Waals surface area contributed by atoms with Crippen molar-refractivity contribution in [2.75, 3.05) is 0 Å². The molecule has 2 aliphatic rings. The maximum absolute atomic E-state index is 14.6. The zero-order valence-corrected chi connectivity index (χ0v) is 16.7. The first-order valence-corrected chi connectivity index (χ1v) is 10.6. The molecule has 146 valence electrons. The Morgan fingerprint density at radius 2 is 1.89 bits per heavy atom. The van der Waals surface area contributed by atoms with Crippen molar-refractivity contribution < 1.29 is 8.78 Å². The molecule has 0 saturated carbocycles. The van der Waals surface area contributed by atoms with Gasteiger partial charge in [0.05, 0.1) is 0 Å². The summed E-state index contributed by atoms with van der Waals surface area (Å²) in [4.78, 5) is 0. The van der Waals surface area contributed by atoms with Crippen LogP contribution in [0.4, 0.5) is 8.78 Å². The number of hydrogen-bond donors (Lipinski definition) is 0. The largest absolute Gasteiger partial charge is 0.203 e. The molecule has 2 heteroatoms. The van der Waals surface area contributed by atoms with Gasteiger partial charge in [0, 0.05) is 5.56 Å². The normalized spacial score (nSPS) is 23.4.